The summed E-state index contributed by atoms with van der Waals surface area (Å²) in [7, 11) is 0. The van der Waals surface area contributed by atoms with Crippen LogP contribution in [-0.4, -0.2) is 15.8 Å². The van der Waals surface area contributed by atoms with Crippen LogP contribution in [0.1, 0.15) is 5.56 Å². The van der Waals surface area contributed by atoms with Gasteiger partial charge in [-0.2, -0.15) is 5.10 Å². The lowest BCUT2D eigenvalue weighted by Crippen LogP contribution is -2.19. The van der Waals surface area contributed by atoms with E-state index < -0.39 is 0 Å². The first kappa shape index (κ1) is 15.1. The summed E-state index contributed by atoms with van der Waals surface area (Å²) >= 11 is 5.81. The van der Waals surface area contributed by atoms with Crippen LogP contribution < -0.4 is 10.6 Å². The Morgan fingerprint density at radius 2 is 1.74 bits per heavy atom. The maximum atomic E-state index is 11.9. The molecule has 5 nitrogen and oxygen atoms in total. The number of halogens is 1. The largest absolute Gasteiger partial charge is 0.324 e. The molecule has 0 bridgehead atoms. The number of nitrogens with one attached hydrogen (secondary N) is 2. The molecule has 116 valence electrons. The predicted octanol–water partition coefficient (Wildman–Crippen LogP) is 4.23. The van der Waals surface area contributed by atoms with Crippen LogP contribution in [0.15, 0.2) is 66.9 Å². The fourth-order valence-electron chi connectivity index (χ4n) is 2.10. The Morgan fingerprint density at radius 1 is 1.00 bits per heavy atom. The standard InChI is InChI=1S/C17H15ClN4O/c18-14-6-8-15(9-7-14)19-17(23)20-16-10-11-22(21-16)12-13-4-2-1-3-5-13/h1-11H,12H2,(H2,19,20,21,23). The van der Waals surface area contributed by atoms with Gasteiger partial charge in [-0.3, -0.25) is 10.00 Å². The molecule has 0 aliphatic rings. The predicted molar refractivity (Wildman–Crippen MR) is 91.9 cm³/mol. The number of nitrogens with zero attached hydrogens (tertiary/aromatic N) is 2. The minimum atomic E-state index is -0.350. The number of rotatable bonds is 4. The van der Waals surface area contributed by atoms with Crippen LogP contribution in [0.2, 0.25) is 5.02 Å². The minimum absolute atomic E-state index is 0.350. The molecule has 0 fully saturated rings. The normalized spacial score (nSPS) is 10.3. The lowest BCUT2D eigenvalue weighted by atomic mass is 10.2. The van der Waals surface area contributed by atoms with E-state index in [9.17, 15) is 4.79 Å². The maximum Gasteiger partial charge on any atom is 0.324 e. The van der Waals surface area contributed by atoms with Crippen LogP contribution in [0.3, 0.4) is 0 Å². The Hall–Kier alpha value is -2.79. The van der Waals surface area contributed by atoms with Gasteiger partial charge in [0.2, 0.25) is 0 Å². The summed E-state index contributed by atoms with van der Waals surface area (Å²) in [4.78, 5) is 11.9. The topological polar surface area (TPSA) is 59.0 Å². The average molecular weight is 327 g/mol. The Kier molecular flexibility index (Phi) is 4.59. The first-order valence-electron chi connectivity index (χ1n) is 7.10. The molecule has 0 radical (unpaired) electrons. The molecule has 3 aromatic rings. The molecule has 1 aromatic heterocycles. The minimum Gasteiger partial charge on any atom is -0.308 e. The third-order valence-electron chi connectivity index (χ3n) is 3.17. The molecule has 0 aliphatic heterocycles. The molecule has 2 amide bonds. The maximum absolute atomic E-state index is 11.9. The number of carbonyl (C=O) groups excluding carboxylic acids is 1. The molecule has 0 unspecified atom stereocenters. The molecule has 0 spiro atoms. The van der Waals surface area contributed by atoms with Crippen molar-refractivity contribution in [3.8, 4) is 0 Å². The highest BCUT2D eigenvalue weighted by molar-refractivity contribution is 6.30. The summed E-state index contributed by atoms with van der Waals surface area (Å²) < 4.78 is 1.77. The molecular weight excluding hydrogens is 312 g/mol. The van der Waals surface area contributed by atoms with Gasteiger partial charge in [0.25, 0.3) is 0 Å². The van der Waals surface area contributed by atoms with Crippen molar-refractivity contribution < 1.29 is 4.79 Å². The summed E-state index contributed by atoms with van der Waals surface area (Å²) in [6.45, 7) is 0.654. The molecule has 2 aromatic carbocycles. The van der Waals surface area contributed by atoms with Crippen molar-refractivity contribution in [2.24, 2.45) is 0 Å². The van der Waals surface area contributed by atoms with E-state index in [1.807, 2.05) is 36.5 Å². The highest BCUT2D eigenvalue weighted by Crippen LogP contribution is 2.14. The summed E-state index contributed by atoms with van der Waals surface area (Å²) in [5.74, 6) is 0.493. The number of hydrogen-bond acceptors (Lipinski definition) is 2. The molecule has 0 aliphatic carbocycles. The summed E-state index contributed by atoms with van der Waals surface area (Å²) in [5.41, 5.74) is 1.81. The van der Waals surface area contributed by atoms with E-state index in [1.54, 1.807) is 35.0 Å². The molecule has 23 heavy (non-hydrogen) atoms. The second kappa shape index (κ2) is 6.98. The van der Waals surface area contributed by atoms with Crippen molar-refractivity contribution in [3.63, 3.8) is 0 Å². The first-order chi connectivity index (χ1) is 11.2. The zero-order chi connectivity index (χ0) is 16.1. The van der Waals surface area contributed by atoms with Crippen LogP contribution >= 0.6 is 11.6 Å². The molecule has 0 atom stereocenters. The van der Waals surface area contributed by atoms with Crippen LogP contribution in [0, 0.1) is 0 Å². The monoisotopic (exact) mass is 326 g/mol. The van der Waals surface area contributed by atoms with Crippen LogP contribution in [-0.2, 0) is 6.54 Å². The smallest absolute Gasteiger partial charge is 0.308 e. The average Bonchev–Trinajstić information content (AvgIpc) is 2.97. The molecule has 2 N–H and O–H groups in total. The van der Waals surface area contributed by atoms with Crippen molar-refractivity contribution in [2.75, 3.05) is 10.6 Å². The van der Waals surface area contributed by atoms with Crippen molar-refractivity contribution >= 4 is 29.1 Å². The quantitative estimate of drug-likeness (QED) is 0.753. The van der Waals surface area contributed by atoms with Crippen LogP contribution in [0.4, 0.5) is 16.3 Å². The number of aromatic nitrogens is 2. The Morgan fingerprint density at radius 3 is 2.48 bits per heavy atom. The van der Waals surface area contributed by atoms with E-state index in [2.05, 4.69) is 15.7 Å². The van der Waals surface area contributed by atoms with E-state index in [-0.39, 0.29) is 6.03 Å². The molecule has 3 rings (SSSR count). The number of hydrogen-bond donors (Lipinski definition) is 2. The van der Waals surface area contributed by atoms with E-state index >= 15 is 0 Å². The number of anilines is 2. The van der Waals surface area contributed by atoms with Gasteiger partial charge in [0, 0.05) is 23.0 Å². The van der Waals surface area contributed by atoms with Crippen LogP contribution in [0.5, 0.6) is 0 Å². The summed E-state index contributed by atoms with van der Waals surface area (Å²) in [5, 5.41) is 10.4. The molecule has 0 saturated heterocycles. The highest BCUT2D eigenvalue weighted by atomic mass is 35.5. The zero-order valence-electron chi connectivity index (χ0n) is 12.2. The Balaban J connectivity index is 1.58. The van der Waals surface area contributed by atoms with Crippen molar-refractivity contribution in [1.82, 2.24) is 9.78 Å². The SMILES string of the molecule is O=C(Nc1ccc(Cl)cc1)Nc1ccn(Cc2ccccc2)n1. The summed E-state index contributed by atoms with van der Waals surface area (Å²) in [6.07, 6.45) is 1.82. The summed E-state index contributed by atoms with van der Waals surface area (Å²) in [6, 6.07) is 18.3. The van der Waals surface area contributed by atoms with Gasteiger partial charge in [0.15, 0.2) is 5.82 Å². The van der Waals surface area contributed by atoms with Gasteiger partial charge in [-0.1, -0.05) is 41.9 Å². The Bertz CT molecular complexity index is 784. The second-order valence-electron chi connectivity index (χ2n) is 4.97. The number of benzene rings is 2. The number of carbonyl (C=O) groups is 1. The van der Waals surface area contributed by atoms with E-state index in [1.165, 1.54) is 0 Å². The first-order valence-corrected chi connectivity index (χ1v) is 7.48. The fraction of sp³-hybridized carbons (Fsp3) is 0.0588. The number of amides is 2. The lowest BCUT2D eigenvalue weighted by molar-refractivity contribution is 0.262. The number of urea groups is 1. The second-order valence-corrected chi connectivity index (χ2v) is 5.41. The van der Waals surface area contributed by atoms with Crippen LogP contribution in [0.25, 0.3) is 0 Å². The Labute approximate surface area is 138 Å². The molecular formula is C17H15ClN4O. The highest BCUT2D eigenvalue weighted by Gasteiger charge is 2.05. The molecule has 1 heterocycles. The zero-order valence-corrected chi connectivity index (χ0v) is 13.0. The van der Waals surface area contributed by atoms with Crippen molar-refractivity contribution in [1.29, 1.82) is 0 Å². The lowest BCUT2D eigenvalue weighted by Gasteiger charge is -2.05. The van der Waals surface area contributed by atoms with Gasteiger partial charge in [-0.25, -0.2) is 4.79 Å². The molecule has 0 saturated carbocycles. The van der Waals surface area contributed by atoms with Gasteiger partial charge < -0.3 is 5.32 Å². The van der Waals surface area contributed by atoms with E-state index in [4.69, 9.17) is 11.6 Å². The van der Waals surface area contributed by atoms with Crippen molar-refractivity contribution in [2.45, 2.75) is 6.54 Å². The van der Waals surface area contributed by atoms with Crippen molar-refractivity contribution in [3.05, 3.63) is 77.4 Å². The molecule has 6 heteroatoms. The van der Waals surface area contributed by atoms with Gasteiger partial charge in [-0.15, -0.1) is 0 Å². The third kappa shape index (κ3) is 4.34. The van der Waals surface area contributed by atoms with Gasteiger partial charge in [0.1, 0.15) is 0 Å². The van der Waals surface area contributed by atoms with E-state index in [0.717, 1.165) is 5.56 Å². The van der Waals surface area contributed by atoms with Gasteiger partial charge in [0.05, 0.1) is 6.54 Å². The van der Waals surface area contributed by atoms with E-state index in [0.29, 0.717) is 23.1 Å². The third-order valence-corrected chi connectivity index (χ3v) is 3.42. The van der Waals surface area contributed by atoms with Gasteiger partial charge >= 0.3 is 6.03 Å². The fourth-order valence-corrected chi connectivity index (χ4v) is 2.22. The van der Waals surface area contributed by atoms with Gasteiger partial charge in [-0.05, 0) is 29.8 Å².